The van der Waals surface area contributed by atoms with Gasteiger partial charge in [0.05, 0.1) is 27.9 Å². The Balaban J connectivity index is 1.46. The summed E-state index contributed by atoms with van der Waals surface area (Å²) in [6, 6.07) is 14.3. The van der Waals surface area contributed by atoms with Crippen LogP contribution in [0.3, 0.4) is 0 Å². The van der Waals surface area contributed by atoms with Crippen molar-refractivity contribution in [1.29, 1.82) is 5.26 Å². The van der Waals surface area contributed by atoms with Crippen LogP contribution in [0.15, 0.2) is 42.5 Å². The van der Waals surface area contributed by atoms with Gasteiger partial charge in [0.25, 0.3) is 0 Å². The van der Waals surface area contributed by atoms with E-state index in [1.807, 2.05) is 17.0 Å². The van der Waals surface area contributed by atoms with E-state index in [1.165, 1.54) is 12.8 Å². The Morgan fingerprint density at radius 1 is 1.24 bits per heavy atom. The highest BCUT2D eigenvalue weighted by Crippen LogP contribution is 2.39. The van der Waals surface area contributed by atoms with E-state index in [2.05, 4.69) is 16.3 Å². The Hall–Kier alpha value is -2.79. The van der Waals surface area contributed by atoms with Gasteiger partial charge in [-0.1, -0.05) is 23.7 Å². The van der Waals surface area contributed by atoms with Crippen LogP contribution in [0.5, 0.6) is 0 Å². The molecule has 2 aromatic rings. The van der Waals surface area contributed by atoms with Gasteiger partial charge in [-0.15, -0.1) is 0 Å². The molecule has 2 fully saturated rings. The standard InChI is InChI=1S/C26H32ClN5O2/c27-23-7-6-21(17-24(23)29)30-25(33)32(15-14-31-12-1-2-13-31)22-8-10-26(34,11-9-22)20-5-3-4-19(16-20)18-28/h3-7,16-17,22,34H,1-2,8-15,29H2,(H,30,33). The number of carbonyl (C=O) groups excluding carboxylic acids is 1. The number of hydrogen-bond donors (Lipinski definition) is 3. The first kappa shape index (κ1) is 24.3. The zero-order chi connectivity index (χ0) is 24.1. The van der Waals surface area contributed by atoms with Gasteiger partial charge in [0.1, 0.15) is 0 Å². The number of rotatable bonds is 6. The second-order valence-corrected chi connectivity index (χ2v) is 9.77. The zero-order valence-corrected chi connectivity index (χ0v) is 20.1. The number of halogens is 1. The maximum atomic E-state index is 13.4. The number of likely N-dealkylation sites (tertiary alicyclic amines) is 1. The number of nitrogens with zero attached hydrogens (tertiary/aromatic N) is 3. The largest absolute Gasteiger partial charge is 0.397 e. The first-order valence-corrected chi connectivity index (χ1v) is 12.3. The average molecular weight is 482 g/mol. The zero-order valence-electron chi connectivity index (χ0n) is 19.3. The summed E-state index contributed by atoms with van der Waals surface area (Å²) < 4.78 is 0. The molecular weight excluding hydrogens is 450 g/mol. The lowest BCUT2D eigenvalue weighted by Crippen LogP contribution is -2.49. The highest BCUT2D eigenvalue weighted by molar-refractivity contribution is 6.33. The first-order chi connectivity index (χ1) is 16.4. The van der Waals surface area contributed by atoms with Gasteiger partial charge in [0, 0.05) is 24.8 Å². The molecule has 7 nitrogen and oxygen atoms in total. The van der Waals surface area contributed by atoms with Crippen molar-refractivity contribution in [3.05, 3.63) is 58.6 Å². The van der Waals surface area contributed by atoms with E-state index in [0.717, 1.165) is 25.2 Å². The van der Waals surface area contributed by atoms with Crippen LogP contribution in [0, 0.1) is 11.3 Å². The van der Waals surface area contributed by atoms with Gasteiger partial charge in [-0.05, 0) is 87.5 Å². The summed E-state index contributed by atoms with van der Waals surface area (Å²) in [7, 11) is 0. The third kappa shape index (κ3) is 5.64. The Morgan fingerprint density at radius 2 is 1.97 bits per heavy atom. The lowest BCUT2D eigenvalue weighted by atomic mass is 9.77. The maximum absolute atomic E-state index is 13.4. The number of benzene rings is 2. The summed E-state index contributed by atoms with van der Waals surface area (Å²) >= 11 is 6.03. The predicted molar refractivity (Wildman–Crippen MR) is 135 cm³/mol. The highest BCUT2D eigenvalue weighted by atomic mass is 35.5. The molecule has 2 amide bonds. The van der Waals surface area contributed by atoms with Crippen LogP contribution in [0.1, 0.15) is 49.7 Å². The molecule has 0 atom stereocenters. The van der Waals surface area contributed by atoms with E-state index in [9.17, 15) is 15.2 Å². The molecule has 4 N–H and O–H groups in total. The number of nitrogens with one attached hydrogen (secondary N) is 1. The molecule has 0 bridgehead atoms. The summed E-state index contributed by atoms with van der Waals surface area (Å²) in [6.45, 7) is 3.61. The molecule has 0 aromatic heterocycles. The molecule has 4 rings (SSSR count). The van der Waals surface area contributed by atoms with Crippen LogP contribution in [0.2, 0.25) is 5.02 Å². The summed E-state index contributed by atoms with van der Waals surface area (Å²) in [6.07, 6.45) is 4.84. The van der Waals surface area contributed by atoms with Crippen molar-refractivity contribution in [3.8, 4) is 6.07 Å². The molecule has 0 spiro atoms. The highest BCUT2D eigenvalue weighted by Gasteiger charge is 2.38. The van der Waals surface area contributed by atoms with Crippen LogP contribution < -0.4 is 11.1 Å². The van der Waals surface area contributed by atoms with Gasteiger partial charge in [0.2, 0.25) is 0 Å². The second-order valence-electron chi connectivity index (χ2n) is 9.36. The van der Waals surface area contributed by atoms with Crippen molar-refractivity contribution >= 4 is 29.0 Å². The molecule has 0 unspecified atom stereocenters. The van der Waals surface area contributed by atoms with E-state index < -0.39 is 5.60 Å². The number of nitrogens with two attached hydrogens (primary N) is 1. The molecule has 2 aromatic carbocycles. The van der Waals surface area contributed by atoms with Gasteiger partial charge >= 0.3 is 6.03 Å². The summed E-state index contributed by atoms with van der Waals surface area (Å²) in [5.74, 6) is 0. The fraction of sp³-hybridized carbons (Fsp3) is 0.462. The van der Waals surface area contributed by atoms with E-state index in [1.54, 1.807) is 30.3 Å². The Labute approximate surface area is 206 Å². The van der Waals surface area contributed by atoms with Crippen molar-refractivity contribution in [2.24, 2.45) is 0 Å². The summed E-state index contributed by atoms with van der Waals surface area (Å²) in [5, 5.41) is 24.0. The van der Waals surface area contributed by atoms with E-state index >= 15 is 0 Å². The minimum atomic E-state index is -0.981. The average Bonchev–Trinajstić information content (AvgIpc) is 3.36. The molecule has 1 aliphatic heterocycles. The second kappa shape index (κ2) is 10.6. The van der Waals surface area contributed by atoms with E-state index in [0.29, 0.717) is 54.2 Å². The van der Waals surface area contributed by atoms with Gasteiger partial charge < -0.3 is 26.0 Å². The Bertz CT molecular complexity index is 1060. The number of nitriles is 1. The van der Waals surface area contributed by atoms with Crippen molar-refractivity contribution in [2.75, 3.05) is 37.2 Å². The predicted octanol–water partition coefficient (Wildman–Crippen LogP) is 4.55. The van der Waals surface area contributed by atoms with Gasteiger partial charge in [-0.2, -0.15) is 5.26 Å². The Kier molecular flexibility index (Phi) is 7.62. The fourth-order valence-electron chi connectivity index (χ4n) is 5.08. The minimum absolute atomic E-state index is 0.0201. The smallest absolute Gasteiger partial charge is 0.322 e. The maximum Gasteiger partial charge on any atom is 0.322 e. The molecule has 180 valence electrons. The third-order valence-corrected chi connectivity index (χ3v) is 7.46. The number of anilines is 2. The molecule has 1 saturated carbocycles. The van der Waals surface area contributed by atoms with Crippen molar-refractivity contribution in [2.45, 2.75) is 50.2 Å². The molecule has 1 saturated heterocycles. The molecule has 34 heavy (non-hydrogen) atoms. The number of amides is 2. The lowest BCUT2D eigenvalue weighted by Gasteiger charge is -2.41. The summed E-state index contributed by atoms with van der Waals surface area (Å²) in [4.78, 5) is 17.7. The van der Waals surface area contributed by atoms with Crippen LogP contribution in [0.25, 0.3) is 0 Å². The third-order valence-electron chi connectivity index (χ3n) is 7.12. The number of urea groups is 1. The van der Waals surface area contributed by atoms with E-state index in [4.69, 9.17) is 17.3 Å². The van der Waals surface area contributed by atoms with Crippen molar-refractivity contribution < 1.29 is 9.90 Å². The molecule has 8 heteroatoms. The number of carbonyl (C=O) groups is 1. The number of aliphatic hydroxyl groups is 1. The van der Waals surface area contributed by atoms with Crippen LogP contribution in [0.4, 0.5) is 16.2 Å². The summed E-state index contributed by atoms with van der Waals surface area (Å²) in [5.41, 5.74) is 7.28. The molecule has 1 aliphatic carbocycles. The Morgan fingerprint density at radius 3 is 2.65 bits per heavy atom. The molecular formula is C26H32ClN5O2. The van der Waals surface area contributed by atoms with Gasteiger partial charge in [-0.3, -0.25) is 0 Å². The molecule has 0 radical (unpaired) electrons. The van der Waals surface area contributed by atoms with Gasteiger partial charge in [0.15, 0.2) is 0 Å². The van der Waals surface area contributed by atoms with Crippen LogP contribution in [-0.2, 0) is 5.60 Å². The molecule has 2 aliphatic rings. The quantitative estimate of drug-likeness (QED) is 0.525. The first-order valence-electron chi connectivity index (χ1n) is 12.0. The molecule has 1 heterocycles. The topological polar surface area (TPSA) is 106 Å². The SMILES string of the molecule is N#Cc1cccc(C2(O)CCC(N(CCN3CCCC3)C(=O)Nc3ccc(Cl)c(N)c3)CC2)c1. The van der Waals surface area contributed by atoms with Crippen LogP contribution in [-0.4, -0.2) is 53.2 Å². The lowest BCUT2D eigenvalue weighted by molar-refractivity contribution is -0.0198. The number of hydrogen-bond acceptors (Lipinski definition) is 5. The monoisotopic (exact) mass is 481 g/mol. The number of nitrogen functional groups attached to an aromatic ring is 1. The van der Waals surface area contributed by atoms with Crippen molar-refractivity contribution in [1.82, 2.24) is 9.80 Å². The van der Waals surface area contributed by atoms with Crippen molar-refractivity contribution in [3.63, 3.8) is 0 Å². The van der Waals surface area contributed by atoms with Gasteiger partial charge in [-0.25, -0.2) is 4.79 Å². The van der Waals surface area contributed by atoms with E-state index in [-0.39, 0.29) is 12.1 Å². The fourth-order valence-corrected chi connectivity index (χ4v) is 5.20. The normalized spacial score (nSPS) is 22.8. The van der Waals surface area contributed by atoms with Crippen LogP contribution >= 0.6 is 11.6 Å². The minimum Gasteiger partial charge on any atom is -0.397 e.